The van der Waals surface area contributed by atoms with Crippen LogP contribution in [0.15, 0.2) is 18.3 Å². The van der Waals surface area contributed by atoms with Gasteiger partial charge in [-0.1, -0.05) is 0 Å². The number of rotatable bonds is 5. The lowest BCUT2D eigenvalue weighted by atomic mass is 10.3. The SMILES string of the molecule is CS(=O)(=O)CCC(=O)Nc1ccc(C(=O)O)cn1. The Hall–Kier alpha value is -1.96. The lowest BCUT2D eigenvalue weighted by Crippen LogP contribution is -2.17. The zero-order valence-electron chi connectivity index (χ0n) is 9.58. The highest BCUT2D eigenvalue weighted by Crippen LogP contribution is 2.05. The molecule has 1 amide bonds. The van der Waals surface area contributed by atoms with Gasteiger partial charge >= 0.3 is 5.97 Å². The molecular weight excluding hydrogens is 260 g/mol. The molecule has 0 radical (unpaired) electrons. The normalized spacial score (nSPS) is 10.9. The summed E-state index contributed by atoms with van der Waals surface area (Å²) in [6, 6.07) is 2.63. The average molecular weight is 272 g/mol. The van der Waals surface area contributed by atoms with Gasteiger partial charge in [-0.15, -0.1) is 0 Å². The fourth-order valence-electron chi connectivity index (χ4n) is 1.08. The Morgan fingerprint density at radius 3 is 2.50 bits per heavy atom. The van der Waals surface area contributed by atoms with E-state index in [1.807, 2.05) is 0 Å². The fraction of sp³-hybridized carbons (Fsp3) is 0.300. The molecule has 0 atom stereocenters. The number of anilines is 1. The molecule has 0 saturated heterocycles. The maximum absolute atomic E-state index is 11.3. The Morgan fingerprint density at radius 1 is 1.39 bits per heavy atom. The monoisotopic (exact) mass is 272 g/mol. The zero-order chi connectivity index (χ0) is 13.8. The maximum atomic E-state index is 11.3. The van der Waals surface area contributed by atoms with E-state index in [2.05, 4.69) is 10.3 Å². The van der Waals surface area contributed by atoms with Crippen molar-refractivity contribution < 1.29 is 23.1 Å². The van der Waals surface area contributed by atoms with Crippen molar-refractivity contribution in [3.8, 4) is 0 Å². The summed E-state index contributed by atoms with van der Waals surface area (Å²) in [7, 11) is -3.19. The van der Waals surface area contributed by atoms with E-state index in [0.717, 1.165) is 12.5 Å². The van der Waals surface area contributed by atoms with Gasteiger partial charge in [-0.05, 0) is 12.1 Å². The van der Waals surface area contributed by atoms with Gasteiger partial charge in [-0.3, -0.25) is 4.79 Å². The Labute approximate surface area is 104 Å². The van der Waals surface area contributed by atoms with Crippen molar-refractivity contribution >= 4 is 27.5 Å². The summed E-state index contributed by atoms with van der Waals surface area (Å²) in [6.45, 7) is 0. The van der Waals surface area contributed by atoms with Gasteiger partial charge in [0.25, 0.3) is 0 Å². The summed E-state index contributed by atoms with van der Waals surface area (Å²) in [4.78, 5) is 25.6. The van der Waals surface area contributed by atoms with Crippen LogP contribution in [0.4, 0.5) is 5.82 Å². The molecule has 2 N–H and O–H groups in total. The van der Waals surface area contributed by atoms with Crippen molar-refractivity contribution in [3.05, 3.63) is 23.9 Å². The summed E-state index contributed by atoms with van der Waals surface area (Å²) in [5, 5.41) is 11.0. The van der Waals surface area contributed by atoms with Crippen LogP contribution in [-0.4, -0.2) is 42.4 Å². The number of carboxylic acid groups (broad SMARTS) is 1. The highest BCUT2D eigenvalue weighted by Gasteiger charge is 2.09. The standard InChI is InChI=1S/C10H12N2O5S/c1-18(16,17)5-4-9(13)12-8-3-2-7(6-11-8)10(14)15/h2-3,6H,4-5H2,1H3,(H,14,15)(H,11,12,13). The topological polar surface area (TPSA) is 113 Å². The molecule has 0 aliphatic heterocycles. The second-order valence-electron chi connectivity index (χ2n) is 3.67. The lowest BCUT2D eigenvalue weighted by Gasteiger charge is -2.03. The number of sulfone groups is 1. The Balaban J connectivity index is 2.57. The van der Waals surface area contributed by atoms with E-state index in [1.54, 1.807) is 0 Å². The van der Waals surface area contributed by atoms with Crippen LogP contribution in [0.3, 0.4) is 0 Å². The Morgan fingerprint density at radius 2 is 2.06 bits per heavy atom. The van der Waals surface area contributed by atoms with Crippen LogP contribution in [0.1, 0.15) is 16.8 Å². The summed E-state index contributed by atoms with van der Waals surface area (Å²) in [6.07, 6.45) is 1.98. The molecule has 18 heavy (non-hydrogen) atoms. The smallest absolute Gasteiger partial charge is 0.337 e. The number of aromatic nitrogens is 1. The second-order valence-corrected chi connectivity index (χ2v) is 5.93. The van der Waals surface area contributed by atoms with E-state index in [0.29, 0.717) is 0 Å². The first kappa shape index (κ1) is 14.1. The third-order valence-corrected chi connectivity index (χ3v) is 2.92. The van der Waals surface area contributed by atoms with Crippen LogP contribution in [0.2, 0.25) is 0 Å². The van der Waals surface area contributed by atoms with Gasteiger partial charge in [-0.2, -0.15) is 0 Å². The number of carbonyl (C=O) groups excluding carboxylic acids is 1. The second kappa shape index (κ2) is 5.58. The molecule has 1 heterocycles. The number of hydrogen-bond donors (Lipinski definition) is 2. The summed E-state index contributed by atoms with van der Waals surface area (Å²) >= 11 is 0. The van der Waals surface area contributed by atoms with Crippen LogP contribution in [0.5, 0.6) is 0 Å². The average Bonchev–Trinajstić information content (AvgIpc) is 2.26. The predicted molar refractivity (Wildman–Crippen MR) is 64.2 cm³/mol. The summed E-state index contributed by atoms with van der Waals surface area (Å²) in [5.74, 6) is -1.67. The molecule has 8 heteroatoms. The molecule has 0 aliphatic rings. The molecular formula is C10H12N2O5S. The fourth-order valence-corrected chi connectivity index (χ4v) is 1.63. The molecule has 98 valence electrons. The number of carbonyl (C=O) groups is 2. The summed E-state index contributed by atoms with van der Waals surface area (Å²) < 4.78 is 21.7. The molecule has 0 bridgehead atoms. The van der Waals surface area contributed by atoms with Crippen LogP contribution < -0.4 is 5.32 Å². The van der Waals surface area contributed by atoms with E-state index >= 15 is 0 Å². The highest BCUT2D eigenvalue weighted by atomic mass is 32.2. The van der Waals surface area contributed by atoms with Crippen LogP contribution >= 0.6 is 0 Å². The Kier molecular flexibility index (Phi) is 4.38. The zero-order valence-corrected chi connectivity index (χ0v) is 10.4. The van der Waals surface area contributed by atoms with Gasteiger partial charge in [0.2, 0.25) is 5.91 Å². The van der Waals surface area contributed by atoms with Crippen molar-refractivity contribution in [3.63, 3.8) is 0 Å². The largest absolute Gasteiger partial charge is 0.478 e. The van der Waals surface area contributed by atoms with Crippen molar-refractivity contribution in [1.29, 1.82) is 0 Å². The third kappa shape index (κ3) is 4.91. The van der Waals surface area contributed by atoms with E-state index in [4.69, 9.17) is 5.11 Å². The highest BCUT2D eigenvalue weighted by molar-refractivity contribution is 7.90. The number of hydrogen-bond acceptors (Lipinski definition) is 5. The number of amides is 1. The molecule has 0 fully saturated rings. The van der Waals surface area contributed by atoms with Gasteiger partial charge in [0.15, 0.2) is 0 Å². The van der Waals surface area contributed by atoms with Crippen molar-refractivity contribution in [1.82, 2.24) is 4.98 Å². The van der Waals surface area contributed by atoms with E-state index in [1.165, 1.54) is 12.1 Å². The van der Waals surface area contributed by atoms with Crippen LogP contribution in [0, 0.1) is 0 Å². The predicted octanol–water partition coefficient (Wildman–Crippen LogP) is 0.153. The first-order valence-corrected chi connectivity index (χ1v) is 7.01. The maximum Gasteiger partial charge on any atom is 0.337 e. The molecule has 0 aliphatic carbocycles. The molecule has 1 rings (SSSR count). The molecule has 7 nitrogen and oxygen atoms in total. The minimum Gasteiger partial charge on any atom is -0.478 e. The Bertz CT molecular complexity index is 550. The molecule has 0 aromatic carbocycles. The van der Waals surface area contributed by atoms with E-state index < -0.39 is 21.7 Å². The third-order valence-electron chi connectivity index (χ3n) is 1.98. The molecule has 0 spiro atoms. The van der Waals surface area contributed by atoms with Gasteiger partial charge in [-0.25, -0.2) is 18.2 Å². The van der Waals surface area contributed by atoms with Crippen molar-refractivity contribution in [2.24, 2.45) is 0 Å². The number of nitrogens with zero attached hydrogens (tertiary/aromatic N) is 1. The number of carboxylic acids is 1. The number of aromatic carboxylic acids is 1. The number of pyridine rings is 1. The van der Waals surface area contributed by atoms with Gasteiger partial charge < -0.3 is 10.4 Å². The quantitative estimate of drug-likeness (QED) is 0.789. The summed E-state index contributed by atoms with van der Waals surface area (Å²) in [5.41, 5.74) is 0.00383. The molecule has 0 saturated carbocycles. The van der Waals surface area contributed by atoms with Gasteiger partial charge in [0.1, 0.15) is 15.7 Å². The van der Waals surface area contributed by atoms with Crippen molar-refractivity contribution in [2.45, 2.75) is 6.42 Å². The molecule has 1 aromatic heterocycles. The van der Waals surface area contributed by atoms with E-state index in [-0.39, 0.29) is 23.6 Å². The van der Waals surface area contributed by atoms with Crippen LogP contribution in [0.25, 0.3) is 0 Å². The molecule has 1 aromatic rings. The lowest BCUT2D eigenvalue weighted by molar-refractivity contribution is -0.115. The minimum atomic E-state index is -3.19. The molecule has 0 unspecified atom stereocenters. The van der Waals surface area contributed by atoms with Crippen molar-refractivity contribution in [2.75, 3.05) is 17.3 Å². The first-order valence-electron chi connectivity index (χ1n) is 4.95. The van der Waals surface area contributed by atoms with Gasteiger partial charge in [0, 0.05) is 18.9 Å². The number of nitrogens with one attached hydrogen (secondary N) is 1. The minimum absolute atomic E-state index is 0.00383. The van der Waals surface area contributed by atoms with Crippen LogP contribution in [-0.2, 0) is 14.6 Å². The first-order chi connectivity index (χ1) is 8.28. The van der Waals surface area contributed by atoms with Gasteiger partial charge in [0.05, 0.1) is 11.3 Å². The van der Waals surface area contributed by atoms with E-state index in [9.17, 15) is 18.0 Å².